The number of nitrogens with zero attached hydrogens (tertiary/aromatic N) is 6. The summed E-state index contributed by atoms with van der Waals surface area (Å²) in [5.41, 5.74) is 3.44. The number of ether oxygens (including phenoxy) is 6. The van der Waals surface area contributed by atoms with E-state index in [1.54, 1.807) is 36.4 Å². The van der Waals surface area contributed by atoms with Crippen molar-refractivity contribution in [1.29, 1.82) is 0 Å². The van der Waals surface area contributed by atoms with E-state index >= 15 is 0 Å². The van der Waals surface area contributed by atoms with Crippen LogP contribution in [0.4, 0.5) is 0 Å². The summed E-state index contributed by atoms with van der Waals surface area (Å²) in [5, 5.41) is 12.8. The maximum absolute atomic E-state index is 11.6. The van der Waals surface area contributed by atoms with Gasteiger partial charge in [0.2, 0.25) is 17.5 Å². The third-order valence-electron chi connectivity index (χ3n) is 9.92. The zero-order valence-corrected chi connectivity index (χ0v) is 37.6. The summed E-state index contributed by atoms with van der Waals surface area (Å²) in [7, 11) is 0. The van der Waals surface area contributed by atoms with Gasteiger partial charge in [0.05, 0.1) is 39.3 Å². The van der Waals surface area contributed by atoms with Gasteiger partial charge < -0.3 is 42.0 Å². The lowest BCUT2D eigenvalue weighted by molar-refractivity contribution is -0.139. The number of carbonyl (C=O) groups is 3. The van der Waals surface area contributed by atoms with E-state index in [0.29, 0.717) is 126 Å². The molecule has 0 aliphatic rings. The Morgan fingerprint density at radius 3 is 1.19 bits per heavy atom. The van der Waals surface area contributed by atoms with Gasteiger partial charge in [-0.2, -0.15) is 15.0 Å². The number of benzene rings is 4. The summed E-state index contributed by atoms with van der Waals surface area (Å²) in [6.45, 7) is 12.0. The predicted molar refractivity (Wildman–Crippen MR) is 250 cm³/mol. The lowest BCUT2D eigenvalue weighted by Crippen LogP contribution is -2.04. The van der Waals surface area contributed by atoms with Gasteiger partial charge in [0, 0.05) is 52.0 Å². The van der Waals surface area contributed by atoms with Crippen LogP contribution in [0.25, 0.3) is 68.5 Å². The highest BCUT2D eigenvalue weighted by molar-refractivity contribution is 5.81. The third-order valence-corrected chi connectivity index (χ3v) is 9.92. The van der Waals surface area contributed by atoms with Crippen molar-refractivity contribution in [2.45, 2.75) is 44.9 Å². The van der Waals surface area contributed by atoms with Crippen LogP contribution in [0.2, 0.25) is 0 Å². The second-order valence-electron chi connectivity index (χ2n) is 15.0. The topological polar surface area (TPSA) is 223 Å². The minimum Gasteiger partial charge on any atom is -0.494 e. The number of unbranched alkanes of at least 4 members (excludes halogenated alkanes) is 3. The van der Waals surface area contributed by atoms with E-state index in [1.165, 1.54) is 0 Å². The lowest BCUT2D eigenvalue weighted by Gasteiger charge is -2.07. The highest BCUT2D eigenvalue weighted by atomic mass is 16.5. The van der Waals surface area contributed by atoms with Gasteiger partial charge in [-0.25, -0.2) is 9.59 Å². The summed E-state index contributed by atoms with van der Waals surface area (Å²) in [6, 6.07) is 27.2. The average molecular weight is 937 g/mol. The van der Waals surface area contributed by atoms with Crippen LogP contribution in [0, 0.1) is 0 Å². The van der Waals surface area contributed by atoms with Crippen molar-refractivity contribution >= 4 is 17.9 Å². The number of rotatable bonds is 27. The fourth-order valence-corrected chi connectivity index (χ4v) is 6.51. The van der Waals surface area contributed by atoms with Crippen molar-refractivity contribution in [2.75, 3.05) is 33.0 Å². The lowest BCUT2D eigenvalue weighted by atomic mass is 10.0. The van der Waals surface area contributed by atoms with E-state index in [1.807, 2.05) is 54.6 Å². The summed E-state index contributed by atoms with van der Waals surface area (Å²) in [4.78, 5) is 48.4. The molecule has 354 valence electrons. The monoisotopic (exact) mass is 936 g/mol. The van der Waals surface area contributed by atoms with Crippen molar-refractivity contribution < 1.29 is 56.4 Å². The third kappa shape index (κ3) is 14.2. The average Bonchev–Trinajstić information content (AvgIpc) is 4.19. The van der Waals surface area contributed by atoms with Gasteiger partial charge in [-0.15, -0.1) is 0 Å². The molecule has 0 unspecified atom stereocenters. The standard InChI is InChI=1S/C51H48N6O12/c1-4-43(58)65-26-11-9-24-63-41-20-14-17-35(32-41)47-53-50(68-56-47)38-28-37(49-52-46(55-67-49)34-16-13-19-40(31-34)62-23-8-7-22-45(60)61-6-3)29-39(30-38)51-54-48(57-69-51)36-18-15-21-42(33-36)64-25-10-12-27-66-44(59)5-2/h4-6,13-21,28-33H,1-3,7-12,22-27H2. The molecular weight excluding hydrogens is 889 g/mol. The highest BCUT2D eigenvalue weighted by Gasteiger charge is 2.21. The Labute approximate surface area is 396 Å². The minimum atomic E-state index is -0.459. The molecule has 0 aliphatic carbocycles. The summed E-state index contributed by atoms with van der Waals surface area (Å²) < 4.78 is 50.1. The van der Waals surface area contributed by atoms with Crippen LogP contribution in [0.5, 0.6) is 17.2 Å². The smallest absolute Gasteiger partial charge is 0.330 e. The first-order chi connectivity index (χ1) is 33.8. The molecule has 0 saturated heterocycles. The molecule has 0 fully saturated rings. The summed E-state index contributed by atoms with van der Waals surface area (Å²) in [5.74, 6) is 2.02. The molecule has 0 amide bonds. The van der Waals surface area contributed by atoms with Crippen molar-refractivity contribution in [2.24, 2.45) is 0 Å². The fourth-order valence-electron chi connectivity index (χ4n) is 6.51. The van der Waals surface area contributed by atoms with Crippen LogP contribution < -0.4 is 14.2 Å². The van der Waals surface area contributed by atoms with Crippen molar-refractivity contribution in [3.8, 4) is 85.8 Å². The van der Waals surface area contributed by atoms with Crippen LogP contribution in [0.3, 0.4) is 0 Å². The minimum absolute atomic E-state index is 0.178. The molecule has 0 radical (unpaired) electrons. The number of esters is 3. The molecule has 0 aliphatic heterocycles. The van der Waals surface area contributed by atoms with Crippen LogP contribution in [0.1, 0.15) is 44.9 Å². The van der Waals surface area contributed by atoms with E-state index < -0.39 is 11.9 Å². The predicted octanol–water partition coefficient (Wildman–Crippen LogP) is 9.85. The van der Waals surface area contributed by atoms with Gasteiger partial charge in [0.25, 0.3) is 17.7 Å². The van der Waals surface area contributed by atoms with Gasteiger partial charge in [-0.3, -0.25) is 4.79 Å². The second kappa shape index (κ2) is 24.7. The Morgan fingerprint density at radius 1 is 0.464 bits per heavy atom. The molecule has 18 nitrogen and oxygen atoms in total. The first kappa shape index (κ1) is 48.3. The molecule has 4 aromatic carbocycles. The molecule has 7 aromatic rings. The zero-order chi connectivity index (χ0) is 48.2. The molecule has 3 heterocycles. The van der Waals surface area contributed by atoms with Crippen molar-refractivity contribution in [3.63, 3.8) is 0 Å². The molecular formula is C51H48N6O12. The molecule has 3 aromatic heterocycles. The number of hydrogen-bond donors (Lipinski definition) is 0. The first-order valence-electron chi connectivity index (χ1n) is 22.0. The molecule has 18 heteroatoms. The van der Waals surface area contributed by atoms with E-state index in [0.717, 1.165) is 18.4 Å². The Bertz CT molecular complexity index is 2730. The van der Waals surface area contributed by atoms with Gasteiger partial charge in [-0.1, -0.05) is 71.6 Å². The van der Waals surface area contributed by atoms with Gasteiger partial charge in [0.1, 0.15) is 17.2 Å². The SMILES string of the molecule is C=COC(=O)CCCCOc1cccc(-c2noc(-c3cc(-c4nc(-c5cccc(OCCCCOC(=O)C=C)c5)no4)cc(-c4nc(-c5cccc(OCCCCOC(=O)C=C)c5)no4)c3)n2)c1. The zero-order valence-electron chi connectivity index (χ0n) is 37.6. The van der Waals surface area contributed by atoms with Crippen LogP contribution in [0.15, 0.2) is 143 Å². The number of aromatic nitrogens is 6. The highest BCUT2D eigenvalue weighted by Crippen LogP contribution is 2.35. The first-order valence-corrected chi connectivity index (χ1v) is 22.0. The van der Waals surface area contributed by atoms with E-state index in [-0.39, 0.29) is 43.3 Å². The largest absolute Gasteiger partial charge is 0.494 e. The van der Waals surface area contributed by atoms with Gasteiger partial charge >= 0.3 is 17.9 Å². The van der Waals surface area contributed by atoms with Crippen LogP contribution in [-0.2, 0) is 28.6 Å². The molecule has 0 bridgehead atoms. The maximum atomic E-state index is 11.6. The van der Waals surface area contributed by atoms with E-state index in [9.17, 15) is 14.4 Å². The normalized spacial score (nSPS) is 10.8. The van der Waals surface area contributed by atoms with Crippen molar-refractivity contribution in [3.05, 3.63) is 129 Å². The van der Waals surface area contributed by atoms with E-state index in [4.69, 9.17) is 56.9 Å². The van der Waals surface area contributed by atoms with E-state index in [2.05, 4.69) is 35.2 Å². The molecule has 7 rings (SSSR count). The molecule has 0 atom stereocenters. The Balaban J connectivity index is 1.10. The second-order valence-corrected chi connectivity index (χ2v) is 15.0. The van der Waals surface area contributed by atoms with Crippen molar-refractivity contribution in [1.82, 2.24) is 30.4 Å². The fraction of sp³-hybridized carbons (Fsp3) is 0.235. The number of carbonyl (C=O) groups excluding carboxylic acids is 3. The summed E-state index contributed by atoms with van der Waals surface area (Å²) in [6.07, 6.45) is 7.49. The number of hydrogen-bond acceptors (Lipinski definition) is 18. The molecule has 0 spiro atoms. The molecule has 0 saturated carbocycles. The van der Waals surface area contributed by atoms with Gasteiger partial charge in [-0.05, 0) is 93.1 Å². The molecule has 0 N–H and O–H groups in total. The Kier molecular flexibility index (Phi) is 17.3. The maximum Gasteiger partial charge on any atom is 0.330 e. The Morgan fingerprint density at radius 2 is 0.826 bits per heavy atom. The molecule has 69 heavy (non-hydrogen) atoms. The quantitative estimate of drug-likeness (QED) is 0.0154. The van der Waals surface area contributed by atoms with Gasteiger partial charge in [0.15, 0.2) is 0 Å². The Hall–Kier alpha value is -8.67. The summed E-state index contributed by atoms with van der Waals surface area (Å²) >= 11 is 0. The van der Waals surface area contributed by atoms with Crippen LogP contribution >= 0.6 is 0 Å². The van der Waals surface area contributed by atoms with Crippen LogP contribution in [-0.4, -0.2) is 81.4 Å².